The van der Waals surface area contributed by atoms with Crippen molar-refractivity contribution < 1.29 is 33.4 Å². The molecule has 1 spiro atoms. The molecule has 0 aliphatic carbocycles. The molecule has 13 heteroatoms. The first-order valence-corrected chi connectivity index (χ1v) is 17.0. The highest BCUT2D eigenvalue weighted by Gasteiger charge is 2.61. The second-order valence-corrected chi connectivity index (χ2v) is 13.8. The number of hydrogen-bond donors (Lipinski definition) is 5. The molecule has 3 aromatic carbocycles. The van der Waals surface area contributed by atoms with Gasteiger partial charge in [-0.25, -0.2) is 9.78 Å². The fraction of sp³-hybridized carbons (Fsp3) is 0.333. The summed E-state index contributed by atoms with van der Waals surface area (Å²) < 4.78 is 19.5. The van der Waals surface area contributed by atoms with Crippen molar-refractivity contribution in [1.82, 2.24) is 20.9 Å². The Morgan fingerprint density at radius 2 is 1.88 bits per heavy atom. The topological polar surface area (TPSA) is 164 Å². The smallest absolute Gasteiger partial charge is 0.408 e. The lowest BCUT2D eigenvalue weighted by Crippen LogP contribution is -2.49. The van der Waals surface area contributed by atoms with Crippen LogP contribution in [-0.2, 0) is 28.0 Å². The van der Waals surface area contributed by atoms with Gasteiger partial charge in [0.1, 0.15) is 29.9 Å². The van der Waals surface area contributed by atoms with E-state index in [1.165, 1.54) is 0 Å². The third kappa shape index (κ3) is 5.70. The first-order chi connectivity index (χ1) is 23.6. The molecule has 5 N–H and O–H groups in total. The van der Waals surface area contributed by atoms with Crippen LogP contribution < -0.4 is 26.0 Å². The summed E-state index contributed by atoms with van der Waals surface area (Å²) in [7, 11) is 0. The van der Waals surface area contributed by atoms with Gasteiger partial charge >= 0.3 is 6.09 Å². The van der Waals surface area contributed by atoms with Crippen molar-refractivity contribution in [3.8, 4) is 5.75 Å². The fourth-order valence-corrected chi connectivity index (χ4v) is 7.22. The number of amides is 3. The minimum atomic E-state index is -1.17. The number of hydrogen-bond acceptors (Lipinski definition) is 9. The number of aliphatic hydroxyl groups excluding tert-OH is 1. The highest BCUT2D eigenvalue weighted by Crippen LogP contribution is 2.59. The van der Waals surface area contributed by atoms with Crippen molar-refractivity contribution in [3.63, 3.8) is 0 Å². The van der Waals surface area contributed by atoms with E-state index in [2.05, 4.69) is 37.2 Å². The van der Waals surface area contributed by atoms with Crippen LogP contribution in [0.5, 0.6) is 5.75 Å². The van der Waals surface area contributed by atoms with Gasteiger partial charge in [0.2, 0.25) is 11.8 Å². The van der Waals surface area contributed by atoms with Crippen molar-refractivity contribution in [2.75, 3.05) is 11.9 Å². The number of nitrogens with zero attached hydrogens (tertiary/aromatic N) is 1. The van der Waals surface area contributed by atoms with E-state index in [1.807, 2.05) is 80.6 Å². The van der Waals surface area contributed by atoms with E-state index in [4.69, 9.17) is 18.9 Å². The van der Waals surface area contributed by atoms with Gasteiger partial charge < -0.3 is 40.3 Å². The minimum Gasteiger partial charge on any atom is -0.469 e. The molecular formula is C36H36BrN5O7. The van der Waals surface area contributed by atoms with E-state index in [1.54, 1.807) is 6.92 Å². The average molecular weight is 731 g/mol. The molecular weight excluding hydrogens is 694 g/mol. The zero-order chi connectivity index (χ0) is 34.4. The van der Waals surface area contributed by atoms with Crippen LogP contribution in [0, 0.1) is 5.92 Å². The molecule has 3 aliphatic rings. The van der Waals surface area contributed by atoms with Crippen molar-refractivity contribution in [2.45, 2.75) is 63.6 Å². The standard InChI is InChI=1S/C36H36BrN5O7/c1-18(2)27-33-41-29(32(45)38-19(3)16-43)30(49-33)36-22-10-7-11-24(37)28(22)42-34(36)48-26-13-12-21(14-23(26)36)15-25(31(44)40-27)39-35(46)47-17-20-8-5-4-6-9-20/h4-14,18-19,25,27,34,42-43H,15-17H2,1-3H3,(H,38,45)(H,39,46)(H,40,44)/t19-,25-,27-,34-,36?/m0/s1. The number of fused-ring (bicyclic) bond motifs is 4. The molecule has 0 saturated carbocycles. The number of para-hydroxylation sites is 1. The van der Waals surface area contributed by atoms with Crippen molar-refractivity contribution in [2.24, 2.45) is 5.92 Å². The molecule has 0 saturated heterocycles. The molecule has 254 valence electrons. The summed E-state index contributed by atoms with van der Waals surface area (Å²) in [6.07, 6.45) is -1.32. The summed E-state index contributed by atoms with van der Waals surface area (Å²) in [6, 6.07) is 18.3. The predicted octanol–water partition coefficient (Wildman–Crippen LogP) is 4.69. The van der Waals surface area contributed by atoms with Gasteiger partial charge in [0.15, 0.2) is 17.7 Å². The van der Waals surface area contributed by atoms with Crippen molar-refractivity contribution >= 4 is 39.5 Å². The molecule has 0 radical (unpaired) electrons. The van der Waals surface area contributed by atoms with Crippen LogP contribution in [0.25, 0.3) is 0 Å². The number of benzene rings is 3. The monoisotopic (exact) mass is 729 g/mol. The van der Waals surface area contributed by atoms with Gasteiger partial charge in [-0.3, -0.25) is 9.59 Å². The lowest BCUT2D eigenvalue weighted by Gasteiger charge is -2.29. The minimum absolute atomic E-state index is 0.00934. The van der Waals surface area contributed by atoms with Gasteiger partial charge in [0.25, 0.3) is 5.91 Å². The van der Waals surface area contributed by atoms with E-state index < -0.39 is 47.7 Å². The Morgan fingerprint density at radius 3 is 2.63 bits per heavy atom. The molecule has 3 amide bonds. The van der Waals surface area contributed by atoms with E-state index in [0.717, 1.165) is 26.9 Å². The predicted molar refractivity (Wildman–Crippen MR) is 182 cm³/mol. The molecule has 4 bridgehead atoms. The number of aromatic nitrogens is 1. The second kappa shape index (κ2) is 12.9. The van der Waals surface area contributed by atoms with Gasteiger partial charge in [-0.1, -0.05) is 68.4 Å². The quantitative estimate of drug-likeness (QED) is 0.182. The third-order valence-electron chi connectivity index (χ3n) is 9.18. The molecule has 12 nitrogen and oxygen atoms in total. The number of ether oxygens (including phenoxy) is 2. The maximum atomic E-state index is 14.0. The number of halogens is 1. The number of oxazole rings is 1. The SMILES string of the molecule is CC(C)[C@@H]1NC(=O)[C@@H](NC(=O)OCc2ccccc2)Cc2ccc3c(c2)C2(c4cccc(Br)c4N[C@H]2O3)c2oc1nc2C(=O)N[C@@H](C)CO. The van der Waals surface area contributed by atoms with Gasteiger partial charge in [-0.15, -0.1) is 0 Å². The van der Waals surface area contributed by atoms with Crippen molar-refractivity contribution in [3.05, 3.63) is 111 Å². The molecule has 4 heterocycles. The maximum absolute atomic E-state index is 14.0. The highest BCUT2D eigenvalue weighted by atomic mass is 79.9. The number of alkyl carbamates (subject to hydrolysis) is 1. The number of rotatable bonds is 7. The summed E-state index contributed by atoms with van der Waals surface area (Å²) in [5.74, 6) is -0.328. The van der Waals surface area contributed by atoms with Crippen molar-refractivity contribution in [1.29, 1.82) is 0 Å². The summed E-state index contributed by atoms with van der Waals surface area (Å²) in [5, 5.41) is 21.8. The molecule has 0 fully saturated rings. The van der Waals surface area contributed by atoms with Crippen LogP contribution in [0.15, 0.2) is 75.6 Å². The van der Waals surface area contributed by atoms with E-state index in [0.29, 0.717) is 11.3 Å². The lowest BCUT2D eigenvalue weighted by molar-refractivity contribution is -0.124. The summed E-state index contributed by atoms with van der Waals surface area (Å²) >= 11 is 3.67. The van der Waals surface area contributed by atoms with Crippen LogP contribution in [0.4, 0.5) is 10.5 Å². The highest BCUT2D eigenvalue weighted by molar-refractivity contribution is 9.10. The van der Waals surface area contributed by atoms with Crippen LogP contribution in [0.3, 0.4) is 0 Å². The normalized spacial score (nSPS) is 22.3. The van der Waals surface area contributed by atoms with Crippen LogP contribution in [0.2, 0.25) is 0 Å². The summed E-state index contributed by atoms with van der Waals surface area (Å²) in [6.45, 7) is 5.24. The molecule has 3 aliphatic heterocycles. The summed E-state index contributed by atoms with van der Waals surface area (Å²) in [4.78, 5) is 45.8. The van der Waals surface area contributed by atoms with E-state index >= 15 is 0 Å². The number of anilines is 1. The number of carbonyl (C=O) groups excluding carboxylic acids is 3. The van der Waals surface area contributed by atoms with Crippen LogP contribution in [-0.4, -0.2) is 52.9 Å². The second-order valence-electron chi connectivity index (χ2n) is 12.9. The molecule has 49 heavy (non-hydrogen) atoms. The Kier molecular flexibility index (Phi) is 8.57. The fourth-order valence-electron chi connectivity index (χ4n) is 6.74. The maximum Gasteiger partial charge on any atom is 0.408 e. The molecule has 1 unspecified atom stereocenters. The van der Waals surface area contributed by atoms with E-state index in [-0.39, 0.29) is 42.9 Å². The lowest BCUT2D eigenvalue weighted by atomic mass is 9.72. The third-order valence-corrected chi connectivity index (χ3v) is 9.84. The van der Waals surface area contributed by atoms with Crippen LogP contribution in [0.1, 0.15) is 71.2 Å². The largest absolute Gasteiger partial charge is 0.469 e. The number of carbonyl (C=O) groups is 3. The molecule has 4 aromatic rings. The summed E-state index contributed by atoms with van der Waals surface area (Å²) in [5.41, 5.74) is 2.66. The zero-order valence-corrected chi connectivity index (χ0v) is 28.7. The van der Waals surface area contributed by atoms with E-state index in [9.17, 15) is 19.5 Å². The van der Waals surface area contributed by atoms with Gasteiger partial charge in [0, 0.05) is 28.1 Å². The number of nitrogens with one attached hydrogen (secondary N) is 4. The Morgan fingerprint density at radius 1 is 1.08 bits per heavy atom. The Labute approximate surface area is 291 Å². The Balaban J connectivity index is 1.38. The Hall–Kier alpha value is -4.88. The molecule has 7 rings (SSSR count). The first kappa shape index (κ1) is 32.7. The van der Waals surface area contributed by atoms with Gasteiger partial charge in [-0.05, 0) is 52.0 Å². The number of aliphatic hydroxyl groups is 1. The average Bonchev–Trinajstić information content (AvgIpc) is 3.76. The van der Waals surface area contributed by atoms with Crippen LogP contribution >= 0.6 is 15.9 Å². The zero-order valence-electron chi connectivity index (χ0n) is 27.1. The van der Waals surface area contributed by atoms with Gasteiger partial charge in [-0.2, -0.15) is 0 Å². The Bertz CT molecular complexity index is 1930. The molecule has 5 atom stereocenters. The molecule has 1 aromatic heterocycles. The first-order valence-electron chi connectivity index (χ1n) is 16.2. The van der Waals surface area contributed by atoms with Gasteiger partial charge in [0.05, 0.1) is 12.3 Å².